The first kappa shape index (κ1) is 11.6. The van der Waals surface area contributed by atoms with Crippen LogP contribution in [0, 0.1) is 0 Å². The van der Waals surface area contributed by atoms with Crippen LogP contribution in [0.2, 0.25) is 0 Å². The lowest BCUT2D eigenvalue weighted by Gasteiger charge is -2.05. The van der Waals surface area contributed by atoms with E-state index in [-0.39, 0.29) is 0 Å². The molecule has 0 spiro atoms. The van der Waals surface area contributed by atoms with Crippen molar-refractivity contribution in [3.05, 3.63) is 24.4 Å². The second-order valence-corrected chi connectivity index (χ2v) is 4.12. The average molecular weight is 234 g/mol. The minimum absolute atomic E-state index is 0.379. The monoisotopic (exact) mass is 234 g/mol. The summed E-state index contributed by atoms with van der Waals surface area (Å²) in [6.07, 6.45) is 3.55. The summed E-state index contributed by atoms with van der Waals surface area (Å²) in [5.74, 6) is 1.79. The summed E-state index contributed by atoms with van der Waals surface area (Å²) in [5, 5.41) is 11.8. The zero-order chi connectivity index (χ0) is 12.3. The molecule has 0 amide bonds. The van der Waals surface area contributed by atoms with E-state index in [1.807, 2.05) is 28.6 Å². The molecule has 0 atom stereocenters. The van der Waals surface area contributed by atoms with Crippen molar-refractivity contribution in [1.29, 1.82) is 0 Å². The van der Waals surface area contributed by atoms with Gasteiger partial charge < -0.3 is 5.32 Å². The molecule has 0 saturated heterocycles. The molecule has 2 heterocycles. The van der Waals surface area contributed by atoms with Gasteiger partial charge in [0.2, 0.25) is 0 Å². The van der Waals surface area contributed by atoms with Gasteiger partial charge in [0.05, 0.1) is 6.54 Å². The van der Waals surface area contributed by atoms with Crippen LogP contribution in [-0.2, 0) is 13.1 Å². The van der Waals surface area contributed by atoms with Crippen LogP contribution in [0.5, 0.6) is 0 Å². The molecule has 0 unspecified atom stereocenters. The summed E-state index contributed by atoms with van der Waals surface area (Å²) >= 11 is 0. The van der Waals surface area contributed by atoms with Gasteiger partial charge >= 0.3 is 0 Å². The maximum Gasteiger partial charge on any atom is 0.148 e. The SMILES string of the molecule is CCn1ncnc1CNc1ccn(C(C)C)n1. The molecule has 0 bridgehead atoms. The Morgan fingerprint density at radius 3 is 2.88 bits per heavy atom. The van der Waals surface area contributed by atoms with E-state index in [4.69, 9.17) is 0 Å². The Morgan fingerprint density at radius 1 is 1.41 bits per heavy atom. The third-order valence-corrected chi connectivity index (χ3v) is 2.56. The van der Waals surface area contributed by atoms with Crippen molar-refractivity contribution in [3.63, 3.8) is 0 Å². The third kappa shape index (κ3) is 2.64. The van der Waals surface area contributed by atoms with Crippen molar-refractivity contribution in [3.8, 4) is 0 Å². The van der Waals surface area contributed by atoms with Crippen LogP contribution in [-0.4, -0.2) is 24.5 Å². The van der Waals surface area contributed by atoms with E-state index in [9.17, 15) is 0 Å². The number of nitrogens with zero attached hydrogens (tertiary/aromatic N) is 5. The quantitative estimate of drug-likeness (QED) is 0.855. The predicted octanol–water partition coefficient (Wildman–Crippen LogP) is 1.69. The normalized spacial score (nSPS) is 11.1. The van der Waals surface area contributed by atoms with Gasteiger partial charge in [-0.05, 0) is 20.8 Å². The molecule has 0 aliphatic carbocycles. The molecule has 6 heteroatoms. The molecule has 0 fully saturated rings. The maximum atomic E-state index is 4.41. The highest BCUT2D eigenvalue weighted by molar-refractivity contribution is 5.32. The molecule has 2 aromatic rings. The van der Waals surface area contributed by atoms with Crippen molar-refractivity contribution < 1.29 is 0 Å². The fraction of sp³-hybridized carbons (Fsp3) is 0.545. The maximum absolute atomic E-state index is 4.41. The smallest absolute Gasteiger partial charge is 0.148 e. The van der Waals surface area contributed by atoms with E-state index < -0.39 is 0 Å². The molecule has 2 aromatic heterocycles. The summed E-state index contributed by atoms with van der Waals surface area (Å²) in [6.45, 7) is 7.72. The second-order valence-electron chi connectivity index (χ2n) is 4.12. The van der Waals surface area contributed by atoms with Crippen molar-refractivity contribution in [1.82, 2.24) is 24.5 Å². The van der Waals surface area contributed by atoms with E-state index in [0.717, 1.165) is 18.2 Å². The van der Waals surface area contributed by atoms with Crippen LogP contribution in [0.4, 0.5) is 5.82 Å². The fourth-order valence-corrected chi connectivity index (χ4v) is 1.58. The van der Waals surface area contributed by atoms with E-state index in [0.29, 0.717) is 12.6 Å². The number of nitrogens with one attached hydrogen (secondary N) is 1. The molecule has 0 radical (unpaired) electrons. The number of aryl methyl sites for hydroxylation is 1. The van der Waals surface area contributed by atoms with Gasteiger partial charge in [-0.25, -0.2) is 9.67 Å². The zero-order valence-electron chi connectivity index (χ0n) is 10.5. The first-order chi connectivity index (χ1) is 8.20. The van der Waals surface area contributed by atoms with Crippen LogP contribution in [0.1, 0.15) is 32.6 Å². The van der Waals surface area contributed by atoms with Crippen LogP contribution in [0.25, 0.3) is 0 Å². The number of hydrogen-bond acceptors (Lipinski definition) is 4. The Labute approximate surface area is 101 Å². The number of aromatic nitrogens is 5. The van der Waals surface area contributed by atoms with Crippen molar-refractivity contribution in [2.75, 3.05) is 5.32 Å². The highest BCUT2D eigenvalue weighted by atomic mass is 15.3. The van der Waals surface area contributed by atoms with Crippen molar-refractivity contribution in [2.45, 2.75) is 39.9 Å². The predicted molar refractivity (Wildman–Crippen MR) is 65.6 cm³/mol. The van der Waals surface area contributed by atoms with Crippen LogP contribution in [0.15, 0.2) is 18.6 Å². The average Bonchev–Trinajstić information content (AvgIpc) is 2.95. The molecule has 6 nitrogen and oxygen atoms in total. The summed E-state index contributed by atoms with van der Waals surface area (Å²) in [6, 6.07) is 2.34. The summed E-state index contributed by atoms with van der Waals surface area (Å²) in [5.41, 5.74) is 0. The van der Waals surface area contributed by atoms with E-state index in [1.54, 1.807) is 6.33 Å². The number of hydrogen-bond donors (Lipinski definition) is 1. The second kappa shape index (κ2) is 4.99. The Balaban J connectivity index is 1.97. The largest absolute Gasteiger partial charge is 0.361 e. The lowest BCUT2D eigenvalue weighted by molar-refractivity contribution is 0.533. The van der Waals surface area contributed by atoms with Crippen molar-refractivity contribution >= 4 is 5.82 Å². The van der Waals surface area contributed by atoms with Crippen LogP contribution >= 0.6 is 0 Å². The lowest BCUT2D eigenvalue weighted by Crippen LogP contribution is -2.10. The Kier molecular flexibility index (Phi) is 3.41. The van der Waals surface area contributed by atoms with Gasteiger partial charge in [0.1, 0.15) is 18.0 Å². The molecule has 1 N–H and O–H groups in total. The molecule has 17 heavy (non-hydrogen) atoms. The molecular formula is C11H18N6. The molecule has 0 aromatic carbocycles. The minimum atomic E-state index is 0.379. The van der Waals surface area contributed by atoms with Gasteiger partial charge in [-0.2, -0.15) is 10.2 Å². The molecule has 0 saturated carbocycles. The van der Waals surface area contributed by atoms with Gasteiger partial charge in [0.15, 0.2) is 0 Å². The summed E-state index contributed by atoms with van der Waals surface area (Å²) in [7, 11) is 0. The van der Waals surface area contributed by atoms with E-state index >= 15 is 0 Å². The van der Waals surface area contributed by atoms with Gasteiger partial charge in [-0.3, -0.25) is 4.68 Å². The van der Waals surface area contributed by atoms with Crippen LogP contribution < -0.4 is 5.32 Å². The molecule has 2 rings (SSSR count). The topological polar surface area (TPSA) is 60.6 Å². The fourth-order valence-electron chi connectivity index (χ4n) is 1.58. The first-order valence-electron chi connectivity index (χ1n) is 5.86. The lowest BCUT2D eigenvalue weighted by atomic mass is 10.4. The van der Waals surface area contributed by atoms with E-state index in [1.165, 1.54) is 0 Å². The Bertz CT molecular complexity index is 470. The van der Waals surface area contributed by atoms with Gasteiger partial charge in [0, 0.05) is 24.8 Å². The Hall–Kier alpha value is -1.85. The standard InChI is InChI=1S/C11H18N6/c1-4-16-11(13-8-14-16)7-12-10-5-6-17(15-10)9(2)3/h5-6,8-9H,4,7H2,1-3H3,(H,12,15). The highest BCUT2D eigenvalue weighted by Crippen LogP contribution is 2.09. The highest BCUT2D eigenvalue weighted by Gasteiger charge is 2.04. The zero-order valence-corrected chi connectivity index (χ0v) is 10.5. The van der Waals surface area contributed by atoms with Crippen molar-refractivity contribution in [2.24, 2.45) is 0 Å². The molecule has 92 valence electrons. The van der Waals surface area contributed by atoms with Gasteiger partial charge in [-0.15, -0.1) is 0 Å². The first-order valence-corrected chi connectivity index (χ1v) is 5.86. The number of rotatable bonds is 5. The Morgan fingerprint density at radius 2 is 2.24 bits per heavy atom. The number of anilines is 1. The molecule has 0 aliphatic heterocycles. The van der Waals surface area contributed by atoms with Gasteiger partial charge in [-0.1, -0.05) is 0 Å². The summed E-state index contributed by atoms with van der Waals surface area (Å²) in [4.78, 5) is 4.20. The van der Waals surface area contributed by atoms with E-state index in [2.05, 4.69) is 34.3 Å². The minimum Gasteiger partial charge on any atom is -0.361 e. The third-order valence-electron chi connectivity index (χ3n) is 2.56. The van der Waals surface area contributed by atoms with Gasteiger partial charge in [0.25, 0.3) is 0 Å². The van der Waals surface area contributed by atoms with Crippen LogP contribution in [0.3, 0.4) is 0 Å². The summed E-state index contributed by atoms with van der Waals surface area (Å²) < 4.78 is 3.79. The molecule has 0 aliphatic rings. The molecular weight excluding hydrogens is 216 g/mol.